The highest BCUT2D eigenvalue weighted by Crippen LogP contribution is 2.39. The molecule has 1 unspecified atom stereocenters. The van der Waals surface area contributed by atoms with Crippen LogP contribution < -0.4 is 44.5 Å². The van der Waals surface area contributed by atoms with Crippen molar-refractivity contribution in [2.45, 2.75) is 40.9 Å². The number of hydrogen-bond acceptors (Lipinski definition) is 27. The zero-order chi connectivity index (χ0) is 88.6. The summed E-state index contributed by atoms with van der Waals surface area (Å²) in [7, 11) is -4.91. The normalized spacial score (nSPS) is 13.4. The van der Waals surface area contributed by atoms with E-state index in [1.54, 1.807) is 24.3 Å². The summed E-state index contributed by atoms with van der Waals surface area (Å²) < 4.78 is 64.1. The first-order valence-electron chi connectivity index (χ1n) is 42.8. The molecule has 0 radical (unpaired) electrons. The van der Waals surface area contributed by atoms with Crippen LogP contribution in [-0.2, 0) is 40.5 Å². The quantitative estimate of drug-likeness (QED) is 0.00736. The van der Waals surface area contributed by atoms with Crippen LogP contribution in [0.4, 0.5) is 57.7 Å². The maximum absolute atomic E-state index is 13.4. The molecule has 0 spiro atoms. The van der Waals surface area contributed by atoms with Gasteiger partial charge < -0.3 is 89.9 Å². The van der Waals surface area contributed by atoms with Crippen LogP contribution >= 0.6 is 0 Å². The highest BCUT2D eigenvalue weighted by atomic mass is 32.2. The number of rotatable bonds is 42. The lowest BCUT2D eigenvalue weighted by molar-refractivity contribution is 0.280. The minimum Gasteiger partial charge on any atom is -0.768 e. The first-order chi connectivity index (χ1) is 62.0. The van der Waals surface area contributed by atoms with Crippen LogP contribution in [0.1, 0.15) is 90.5 Å². The van der Waals surface area contributed by atoms with Crippen molar-refractivity contribution in [2.24, 2.45) is 0 Å². The Morgan fingerprint density at radius 3 is 1.02 bits per heavy atom. The standard InChI is InChI=1S/C97H109N15O13S2/c113-57-49-107(50-58-114)84-33-20-77(21-34-84)93(78-22-35-85(36-23-78)108(51-59-115)52-60-116)75-16-29-82(30-17-75)105-41-45-111(46-42-105)96-101-90(66-70-7-3-1-4-8-70)99-91(102-96)68-72-11-12-73(88(65-72)126(121)122)13-14-74-15-28-81(69-89(74)127(123,124)125)98-95-100-92(67-71-9-5-2-6-10-71)103-97(104-95)112-47-43-106(44-48-112)83-31-18-76(19-32-83)94(79-24-37-86(38-25-79)109(53-61-117)54-62-118)80-26-39-87(40-27-80)110(55-63-119)56-64-120/h1-40,65,69,93-94,113-120H,41-64,66-68H2,(H,121,122)(H,123,124,125)(H,98,100,103,104)/p-1/b14-13+. The molecule has 14 rings (SSSR count). The van der Waals surface area contributed by atoms with E-state index >= 15 is 0 Å². The second kappa shape index (κ2) is 44.3. The van der Waals surface area contributed by atoms with Gasteiger partial charge in [0.2, 0.25) is 17.8 Å². The van der Waals surface area contributed by atoms with Gasteiger partial charge in [-0.15, -0.1) is 0 Å². The first-order valence-corrected chi connectivity index (χ1v) is 45.3. The highest BCUT2D eigenvalue weighted by molar-refractivity contribution is 7.86. The molecular formula is C97H108N15O13S2-. The van der Waals surface area contributed by atoms with Gasteiger partial charge in [0, 0.05) is 181 Å². The Kier molecular flexibility index (Phi) is 31.8. The molecule has 10 aromatic carbocycles. The molecule has 662 valence electrons. The van der Waals surface area contributed by atoms with Gasteiger partial charge in [0.25, 0.3) is 10.1 Å². The van der Waals surface area contributed by atoms with E-state index in [1.165, 1.54) is 24.3 Å². The van der Waals surface area contributed by atoms with Crippen molar-refractivity contribution >= 4 is 91.0 Å². The zero-order valence-electron chi connectivity index (χ0n) is 70.7. The van der Waals surface area contributed by atoms with Crippen molar-refractivity contribution in [3.8, 4) is 0 Å². The summed E-state index contributed by atoms with van der Waals surface area (Å²) in [5, 5.41) is 81.5. The molecule has 127 heavy (non-hydrogen) atoms. The molecule has 2 saturated heterocycles. The lowest BCUT2D eigenvalue weighted by atomic mass is 9.85. The maximum atomic E-state index is 13.4. The Morgan fingerprint density at radius 1 is 0.362 bits per heavy atom. The van der Waals surface area contributed by atoms with E-state index in [2.05, 4.69) is 122 Å². The lowest BCUT2D eigenvalue weighted by Gasteiger charge is -2.36. The number of nitrogens with one attached hydrogen (secondary N) is 1. The maximum Gasteiger partial charge on any atom is 0.295 e. The Balaban J connectivity index is 0.659. The molecule has 2 fully saturated rings. The third-order valence-electron chi connectivity index (χ3n) is 23.0. The minimum absolute atomic E-state index is 0.0509. The van der Waals surface area contributed by atoms with Gasteiger partial charge in [0.1, 0.15) is 22.4 Å². The highest BCUT2D eigenvalue weighted by Gasteiger charge is 2.28. The average molecular weight is 1760 g/mol. The Hall–Kier alpha value is -12.1. The molecule has 12 aromatic rings. The van der Waals surface area contributed by atoms with Crippen molar-refractivity contribution in [1.82, 2.24) is 29.9 Å². The fraction of sp³-hybridized carbons (Fsp3) is 0.299. The van der Waals surface area contributed by atoms with Crippen molar-refractivity contribution in [3.63, 3.8) is 0 Å². The molecule has 0 amide bonds. The fourth-order valence-corrected chi connectivity index (χ4v) is 17.9. The molecule has 2 aliphatic rings. The topological polar surface area (TPSA) is 372 Å². The molecule has 2 aromatic heterocycles. The predicted molar refractivity (Wildman–Crippen MR) is 498 cm³/mol. The Morgan fingerprint density at radius 2 is 0.677 bits per heavy atom. The molecular weight excluding hydrogens is 1650 g/mol. The van der Waals surface area contributed by atoms with E-state index in [9.17, 15) is 62.6 Å². The predicted octanol–water partition coefficient (Wildman–Crippen LogP) is 9.41. The summed E-state index contributed by atoms with van der Waals surface area (Å²) in [6.45, 7) is 7.45. The number of benzene rings is 10. The first kappa shape index (κ1) is 91.1. The van der Waals surface area contributed by atoms with Crippen molar-refractivity contribution < 1.29 is 62.6 Å². The SMILES string of the molecule is O=S([O-])c1cc(Cc2nc(Cc3ccccc3)nc(N3CCN(c4ccc(C(c5ccc(N(CCO)CCO)cc5)c5ccc(N(CCO)CCO)cc5)cc4)CC3)n2)ccc1/C=C/c1ccc(Nc2nc(Cc3ccccc3)nc(N3CCN(c4ccc(C(c5ccc(N(CCO)CCO)cc5)c5ccc(N(CCO)CCO)cc5)cc4)CC3)n2)cc1S(=O)(=O)O. The minimum atomic E-state index is -4.91. The van der Waals surface area contributed by atoms with Crippen LogP contribution in [0.3, 0.4) is 0 Å². The Bertz CT molecular complexity index is 5550. The van der Waals surface area contributed by atoms with Crippen LogP contribution in [0.25, 0.3) is 12.2 Å². The summed E-state index contributed by atoms with van der Waals surface area (Å²) in [5.74, 6) is 2.14. The molecule has 4 heterocycles. The number of aliphatic hydroxyl groups excluding tert-OH is 8. The van der Waals surface area contributed by atoms with Gasteiger partial charge in [0.05, 0.1) is 52.9 Å². The largest absolute Gasteiger partial charge is 0.768 e. The number of anilines is 10. The summed E-state index contributed by atoms with van der Waals surface area (Å²) in [6, 6.07) is 78.9. The van der Waals surface area contributed by atoms with Gasteiger partial charge in [-0.3, -0.25) is 8.76 Å². The molecule has 0 saturated carbocycles. The third kappa shape index (κ3) is 23.8. The number of piperazine rings is 2. The van der Waals surface area contributed by atoms with Crippen molar-refractivity contribution in [3.05, 3.63) is 321 Å². The van der Waals surface area contributed by atoms with E-state index < -0.39 is 26.1 Å². The number of aliphatic hydroxyl groups is 8. The second-order valence-electron chi connectivity index (χ2n) is 31.2. The van der Waals surface area contributed by atoms with E-state index in [-0.39, 0.29) is 98.8 Å². The number of hydrogen-bond donors (Lipinski definition) is 10. The van der Waals surface area contributed by atoms with Crippen molar-refractivity contribution in [1.29, 1.82) is 0 Å². The summed E-state index contributed by atoms with van der Waals surface area (Å²) in [6.07, 6.45) is 3.85. The number of nitrogens with zero attached hydrogens (tertiary/aromatic N) is 14. The lowest BCUT2D eigenvalue weighted by Crippen LogP contribution is -2.47. The Labute approximate surface area is 743 Å². The fourth-order valence-electron chi connectivity index (χ4n) is 16.6. The molecule has 1 atom stereocenters. The van der Waals surface area contributed by atoms with Gasteiger partial charge in [-0.05, 0) is 163 Å². The van der Waals surface area contributed by atoms with Gasteiger partial charge in [-0.2, -0.15) is 33.3 Å². The van der Waals surface area contributed by atoms with E-state index in [0.29, 0.717) is 152 Å². The smallest absolute Gasteiger partial charge is 0.295 e. The van der Waals surface area contributed by atoms with Gasteiger partial charge in [-0.1, -0.05) is 164 Å². The molecule has 30 heteroatoms. The second-order valence-corrected chi connectivity index (χ2v) is 33.5. The molecule has 10 N–H and O–H groups in total. The van der Waals surface area contributed by atoms with Crippen LogP contribution in [0, 0.1) is 0 Å². The summed E-state index contributed by atoms with van der Waals surface area (Å²) in [4.78, 5) is 45.8. The van der Waals surface area contributed by atoms with Crippen molar-refractivity contribution in [2.75, 3.05) is 202 Å². The van der Waals surface area contributed by atoms with Crippen LogP contribution in [-0.4, -0.2) is 250 Å². The summed E-state index contributed by atoms with van der Waals surface area (Å²) >= 11 is -2.77. The van der Waals surface area contributed by atoms with Crippen LogP contribution in [0.15, 0.2) is 252 Å². The summed E-state index contributed by atoms with van der Waals surface area (Å²) in [5.41, 5.74) is 15.0. The molecule has 28 nitrogen and oxygen atoms in total. The van der Waals surface area contributed by atoms with Gasteiger partial charge in [0.15, 0.2) is 0 Å². The van der Waals surface area contributed by atoms with E-state index in [4.69, 9.17) is 29.9 Å². The monoisotopic (exact) mass is 1750 g/mol. The van der Waals surface area contributed by atoms with Gasteiger partial charge >= 0.3 is 0 Å². The molecule has 0 aliphatic carbocycles. The zero-order valence-corrected chi connectivity index (χ0v) is 72.4. The molecule has 2 aliphatic heterocycles. The number of aromatic nitrogens is 6. The third-order valence-corrected chi connectivity index (χ3v) is 24.7. The van der Waals surface area contributed by atoms with Crippen LogP contribution in [0.5, 0.6) is 0 Å². The molecule has 0 bridgehead atoms. The van der Waals surface area contributed by atoms with Crippen LogP contribution in [0.2, 0.25) is 0 Å². The average Bonchev–Trinajstić information content (AvgIpc) is 0.820. The van der Waals surface area contributed by atoms with E-state index in [0.717, 1.165) is 78.6 Å². The van der Waals surface area contributed by atoms with Gasteiger partial charge in [-0.25, -0.2) is 4.98 Å². The van der Waals surface area contributed by atoms with E-state index in [1.807, 2.05) is 129 Å².